The molecule has 0 aromatic heterocycles. The van der Waals surface area contributed by atoms with Gasteiger partial charge in [-0.3, -0.25) is 10.1 Å². The standard InChI is InChI=1S/C11H11BrF3NO4S/c1-6(17)8-4-7(12)5-9(16(18)19)10(8)20-2-3-21-11(13,14)15/h4-6,17H,2-3H2,1H3/t6-/m0/s1. The van der Waals surface area contributed by atoms with E-state index in [9.17, 15) is 28.4 Å². The number of alkyl halides is 3. The highest BCUT2D eigenvalue weighted by Gasteiger charge is 2.28. The number of nitrogens with zero attached hydrogens (tertiary/aromatic N) is 1. The van der Waals surface area contributed by atoms with Crippen LogP contribution in [-0.2, 0) is 0 Å². The van der Waals surface area contributed by atoms with Crippen LogP contribution in [0.25, 0.3) is 0 Å². The smallest absolute Gasteiger partial charge is 0.441 e. The number of hydrogen-bond donors (Lipinski definition) is 1. The quantitative estimate of drug-likeness (QED) is 0.451. The Balaban J connectivity index is 2.95. The van der Waals surface area contributed by atoms with Crippen LogP contribution in [0.1, 0.15) is 18.6 Å². The molecule has 0 heterocycles. The van der Waals surface area contributed by atoms with Gasteiger partial charge < -0.3 is 9.84 Å². The van der Waals surface area contributed by atoms with E-state index in [1.165, 1.54) is 13.0 Å². The maximum absolute atomic E-state index is 12.0. The molecule has 0 aliphatic carbocycles. The molecule has 0 fully saturated rings. The first-order valence-electron chi connectivity index (χ1n) is 5.61. The third-order valence-electron chi connectivity index (χ3n) is 2.31. The van der Waals surface area contributed by atoms with Gasteiger partial charge in [0, 0.05) is 21.9 Å². The number of rotatable bonds is 6. The van der Waals surface area contributed by atoms with Crippen molar-refractivity contribution in [2.75, 3.05) is 12.4 Å². The third-order valence-corrected chi connectivity index (χ3v) is 3.46. The van der Waals surface area contributed by atoms with E-state index in [4.69, 9.17) is 4.74 Å². The maximum Gasteiger partial charge on any atom is 0.441 e. The van der Waals surface area contributed by atoms with Crippen LogP contribution in [0.3, 0.4) is 0 Å². The van der Waals surface area contributed by atoms with Crippen molar-refractivity contribution in [2.45, 2.75) is 18.5 Å². The maximum atomic E-state index is 12.0. The molecule has 1 aromatic rings. The third kappa shape index (κ3) is 5.71. The normalized spacial score (nSPS) is 13.0. The number of aliphatic hydroxyl groups is 1. The van der Waals surface area contributed by atoms with Crippen molar-refractivity contribution in [1.29, 1.82) is 0 Å². The summed E-state index contributed by atoms with van der Waals surface area (Å²) < 4.78 is 41.5. The first-order valence-corrected chi connectivity index (χ1v) is 7.39. The van der Waals surface area contributed by atoms with Crippen LogP contribution >= 0.6 is 27.7 Å². The Labute approximate surface area is 130 Å². The van der Waals surface area contributed by atoms with Crippen LogP contribution in [0, 0.1) is 10.1 Å². The lowest BCUT2D eigenvalue weighted by Crippen LogP contribution is -2.10. The van der Waals surface area contributed by atoms with Crippen molar-refractivity contribution in [3.63, 3.8) is 0 Å². The largest absolute Gasteiger partial charge is 0.486 e. The zero-order valence-corrected chi connectivity index (χ0v) is 13.1. The lowest BCUT2D eigenvalue weighted by Gasteiger charge is -2.14. The SMILES string of the molecule is C[C@H](O)c1cc(Br)cc([N+](=O)[O-])c1OCCSC(F)(F)F. The first kappa shape index (κ1) is 18.1. The lowest BCUT2D eigenvalue weighted by molar-refractivity contribution is -0.386. The molecule has 1 aromatic carbocycles. The highest BCUT2D eigenvalue weighted by molar-refractivity contribution is 9.10. The molecule has 1 atom stereocenters. The second-order valence-electron chi connectivity index (χ2n) is 3.92. The molecule has 0 aliphatic heterocycles. The summed E-state index contributed by atoms with van der Waals surface area (Å²) in [7, 11) is 0. The Morgan fingerprint density at radius 3 is 2.62 bits per heavy atom. The minimum atomic E-state index is -4.39. The van der Waals surface area contributed by atoms with Crippen LogP contribution in [0.4, 0.5) is 18.9 Å². The molecule has 10 heteroatoms. The lowest BCUT2D eigenvalue weighted by atomic mass is 10.1. The van der Waals surface area contributed by atoms with Gasteiger partial charge in [0.1, 0.15) is 0 Å². The summed E-state index contributed by atoms with van der Waals surface area (Å²) in [6.07, 6.45) is -1.06. The van der Waals surface area contributed by atoms with E-state index in [-0.39, 0.29) is 29.7 Å². The van der Waals surface area contributed by atoms with Crippen molar-refractivity contribution in [2.24, 2.45) is 0 Å². The molecule has 0 aliphatic rings. The Hall–Kier alpha value is -1.00. The number of thioether (sulfide) groups is 1. The number of ether oxygens (including phenoxy) is 1. The first-order chi connectivity index (χ1) is 9.61. The highest BCUT2D eigenvalue weighted by Crippen LogP contribution is 2.38. The van der Waals surface area contributed by atoms with Gasteiger partial charge in [-0.2, -0.15) is 13.2 Å². The fourth-order valence-corrected chi connectivity index (χ4v) is 2.37. The summed E-state index contributed by atoms with van der Waals surface area (Å²) in [6, 6.07) is 2.59. The van der Waals surface area contributed by atoms with E-state index < -0.39 is 28.0 Å². The fourth-order valence-electron chi connectivity index (χ4n) is 1.50. The number of nitro groups is 1. The van der Waals surface area contributed by atoms with Crippen molar-refractivity contribution < 1.29 is 27.9 Å². The number of hydrogen-bond acceptors (Lipinski definition) is 5. The minimum Gasteiger partial charge on any atom is -0.486 e. The highest BCUT2D eigenvalue weighted by atomic mass is 79.9. The Kier molecular flexibility index (Phi) is 6.29. The average molecular weight is 390 g/mol. The molecular formula is C11H11BrF3NO4S. The molecular weight excluding hydrogens is 379 g/mol. The van der Waals surface area contributed by atoms with Crippen LogP contribution in [0.15, 0.2) is 16.6 Å². The van der Waals surface area contributed by atoms with Crippen LogP contribution < -0.4 is 4.74 Å². The van der Waals surface area contributed by atoms with Crippen molar-refractivity contribution in [1.82, 2.24) is 0 Å². The second kappa shape index (κ2) is 7.32. The summed E-state index contributed by atoms with van der Waals surface area (Å²) in [5.41, 5.74) is -4.67. The van der Waals surface area contributed by atoms with Crippen LogP contribution in [0.2, 0.25) is 0 Å². The summed E-state index contributed by atoms with van der Waals surface area (Å²) in [5, 5.41) is 20.6. The van der Waals surface area contributed by atoms with Gasteiger partial charge in [0.2, 0.25) is 5.75 Å². The zero-order chi connectivity index (χ0) is 16.2. The van der Waals surface area contributed by atoms with Gasteiger partial charge in [-0.05, 0) is 24.8 Å². The van der Waals surface area contributed by atoms with Gasteiger partial charge in [0.05, 0.1) is 17.6 Å². The van der Waals surface area contributed by atoms with Gasteiger partial charge in [-0.25, -0.2) is 0 Å². The van der Waals surface area contributed by atoms with Crippen molar-refractivity contribution in [3.05, 3.63) is 32.3 Å². The van der Waals surface area contributed by atoms with Gasteiger partial charge >= 0.3 is 11.2 Å². The predicted octanol–water partition coefficient (Wildman–Crippen LogP) is 4.04. The molecule has 5 nitrogen and oxygen atoms in total. The second-order valence-corrected chi connectivity index (χ2v) is 5.99. The Morgan fingerprint density at radius 2 is 2.14 bits per heavy atom. The molecule has 0 saturated carbocycles. The molecule has 118 valence electrons. The topological polar surface area (TPSA) is 72.6 Å². The Morgan fingerprint density at radius 1 is 1.52 bits per heavy atom. The molecule has 0 unspecified atom stereocenters. The summed E-state index contributed by atoms with van der Waals surface area (Å²) in [5.74, 6) is -0.628. The minimum absolute atomic E-state index is 0.132. The molecule has 0 bridgehead atoms. The van der Waals surface area contributed by atoms with E-state index in [0.717, 1.165) is 6.07 Å². The summed E-state index contributed by atoms with van der Waals surface area (Å²) in [4.78, 5) is 10.3. The number of benzene rings is 1. The molecule has 21 heavy (non-hydrogen) atoms. The monoisotopic (exact) mass is 389 g/mol. The number of nitro benzene ring substituents is 1. The van der Waals surface area contributed by atoms with Gasteiger partial charge in [-0.15, -0.1) is 0 Å². The van der Waals surface area contributed by atoms with Crippen LogP contribution in [-0.4, -0.2) is 27.9 Å². The number of aliphatic hydroxyl groups excluding tert-OH is 1. The summed E-state index contributed by atoms with van der Waals surface area (Å²) >= 11 is 2.79. The van der Waals surface area contributed by atoms with E-state index in [1.54, 1.807) is 0 Å². The van der Waals surface area contributed by atoms with Crippen molar-refractivity contribution >= 4 is 33.4 Å². The van der Waals surface area contributed by atoms with E-state index in [1.807, 2.05) is 0 Å². The zero-order valence-electron chi connectivity index (χ0n) is 10.7. The molecule has 0 spiro atoms. The van der Waals surface area contributed by atoms with Crippen molar-refractivity contribution in [3.8, 4) is 5.75 Å². The fraction of sp³-hybridized carbons (Fsp3) is 0.455. The van der Waals surface area contributed by atoms with Gasteiger partial charge in [0.25, 0.3) is 0 Å². The average Bonchev–Trinajstić information content (AvgIpc) is 2.33. The number of halogens is 4. The van der Waals surface area contributed by atoms with E-state index in [2.05, 4.69) is 15.9 Å². The van der Waals surface area contributed by atoms with E-state index in [0.29, 0.717) is 4.47 Å². The molecule has 1 N–H and O–H groups in total. The predicted molar refractivity (Wildman–Crippen MR) is 75.4 cm³/mol. The molecule has 0 amide bonds. The summed E-state index contributed by atoms with van der Waals surface area (Å²) in [6.45, 7) is 1.01. The molecule has 1 rings (SSSR count). The van der Waals surface area contributed by atoms with Gasteiger partial charge in [-0.1, -0.05) is 15.9 Å². The van der Waals surface area contributed by atoms with Gasteiger partial charge in [0.15, 0.2) is 0 Å². The Bertz CT molecular complexity index is 525. The molecule has 0 radical (unpaired) electrons. The molecule has 0 saturated heterocycles. The van der Waals surface area contributed by atoms with E-state index >= 15 is 0 Å². The van der Waals surface area contributed by atoms with Crippen LogP contribution in [0.5, 0.6) is 5.75 Å².